The molecule has 3 atom stereocenters. The van der Waals surface area contributed by atoms with Gasteiger partial charge in [0.1, 0.15) is 0 Å². The zero-order valence-electron chi connectivity index (χ0n) is 13.8. The van der Waals surface area contributed by atoms with Gasteiger partial charge in [-0.05, 0) is 56.9 Å². The smallest absolute Gasteiger partial charge is 0.0149 e. The fourth-order valence-corrected chi connectivity index (χ4v) is 5.24. The minimum atomic E-state index is 0.525. The quantitative estimate of drug-likeness (QED) is 0.837. The summed E-state index contributed by atoms with van der Waals surface area (Å²) in [4.78, 5) is 2.95. The predicted molar refractivity (Wildman–Crippen MR) is 86.0 cm³/mol. The summed E-state index contributed by atoms with van der Waals surface area (Å²) in [5, 5.41) is 3.81. The van der Waals surface area contributed by atoms with Gasteiger partial charge in [0.15, 0.2) is 0 Å². The molecule has 3 fully saturated rings. The van der Waals surface area contributed by atoms with Crippen molar-refractivity contribution in [3.63, 3.8) is 0 Å². The van der Waals surface area contributed by atoms with Crippen molar-refractivity contribution in [2.45, 2.75) is 103 Å². The van der Waals surface area contributed by atoms with Crippen LogP contribution in [-0.4, -0.2) is 35.6 Å². The van der Waals surface area contributed by atoms with E-state index < -0.39 is 0 Å². The molecule has 3 rings (SSSR count). The second-order valence-electron chi connectivity index (χ2n) is 8.25. The predicted octanol–water partition coefficient (Wildman–Crippen LogP) is 3.95. The van der Waals surface area contributed by atoms with Crippen LogP contribution in [0.15, 0.2) is 0 Å². The van der Waals surface area contributed by atoms with Gasteiger partial charge in [0.05, 0.1) is 0 Å². The average molecular weight is 278 g/mol. The molecule has 3 aliphatic rings. The Morgan fingerprint density at radius 3 is 2.35 bits per heavy atom. The number of hydrogen-bond acceptors (Lipinski definition) is 2. The van der Waals surface area contributed by atoms with E-state index in [1.165, 1.54) is 64.3 Å². The third-order valence-electron chi connectivity index (χ3n) is 6.25. The fourth-order valence-electron chi connectivity index (χ4n) is 5.24. The summed E-state index contributed by atoms with van der Waals surface area (Å²) in [6.07, 6.45) is 12.7. The molecule has 0 radical (unpaired) electrons. The van der Waals surface area contributed by atoms with E-state index in [1.54, 1.807) is 0 Å². The zero-order chi connectivity index (χ0) is 14.2. The third kappa shape index (κ3) is 2.92. The number of rotatable bonds is 4. The fraction of sp³-hybridized carbons (Fsp3) is 1.00. The van der Waals surface area contributed by atoms with Crippen LogP contribution in [0.25, 0.3) is 0 Å². The van der Waals surface area contributed by atoms with Gasteiger partial charge in [-0.3, -0.25) is 4.90 Å². The molecule has 1 N–H and O–H groups in total. The molecular formula is C18H34N2. The molecule has 3 unspecified atom stereocenters. The second kappa shape index (κ2) is 5.96. The van der Waals surface area contributed by atoms with Crippen LogP contribution in [0.1, 0.15) is 78.6 Å². The number of piperidine rings is 1. The molecule has 0 spiro atoms. The summed E-state index contributed by atoms with van der Waals surface area (Å²) < 4.78 is 0. The largest absolute Gasteiger partial charge is 0.311 e. The Balaban J connectivity index is 1.74. The van der Waals surface area contributed by atoms with Gasteiger partial charge < -0.3 is 5.32 Å². The molecule has 116 valence electrons. The maximum Gasteiger partial charge on any atom is 0.0149 e. The van der Waals surface area contributed by atoms with Crippen molar-refractivity contribution in [3.05, 3.63) is 0 Å². The van der Waals surface area contributed by atoms with Gasteiger partial charge in [0.25, 0.3) is 0 Å². The van der Waals surface area contributed by atoms with Crippen molar-refractivity contribution < 1.29 is 0 Å². The van der Waals surface area contributed by atoms with Crippen LogP contribution in [0.5, 0.6) is 0 Å². The third-order valence-corrected chi connectivity index (χ3v) is 6.25. The monoisotopic (exact) mass is 278 g/mol. The van der Waals surface area contributed by atoms with Crippen molar-refractivity contribution in [1.29, 1.82) is 0 Å². The van der Waals surface area contributed by atoms with E-state index in [4.69, 9.17) is 0 Å². The summed E-state index contributed by atoms with van der Waals surface area (Å²) in [6.45, 7) is 8.72. The van der Waals surface area contributed by atoms with E-state index in [0.29, 0.717) is 5.41 Å². The van der Waals surface area contributed by atoms with Gasteiger partial charge in [-0.25, -0.2) is 0 Å². The van der Waals surface area contributed by atoms with Gasteiger partial charge in [-0.2, -0.15) is 0 Å². The van der Waals surface area contributed by atoms with Crippen LogP contribution in [0.3, 0.4) is 0 Å². The number of fused-ring (bicyclic) bond motifs is 2. The summed E-state index contributed by atoms with van der Waals surface area (Å²) in [7, 11) is 0. The molecule has 2 bridgehead atoms. The van der Waals surface area contributed by atoms with Gasteiger partial charge in [-0.1, -0.05) is 33.6 Å². The minimum absolute atomic E-state index is 0.525. The molecule has 2 heterocycles. The molecule has 0 aromatic carbocycles. The lowest BCUT2D eigenvalue weighted by atomic mass is 9.71. The average Bonchev–Trinajstić information content (AvgIpc) is 2.75. The first kappa shape index (κ1) is 14.8. The van der Waals surface area contributed by atoms with Crippen LogP contribution < -0.4 is 5.32 Å². The van der Waals surface area contributed by atoms with Crippen molar-refractivity contribution in [2.24, 2.45) is 5.41 Å². The lowest BCUT2D eigenvalue weighted by Crippen LogP contribution is -2.56. The van der Waals surface area contributed by atoms with E-state index in [0.717, 1.165) is 24.2 Å². The number of hydrogen-bond donors (Lipinski definition) is 1. The summed E-state index contributed by atoms with van der Waals surface area (Å²) in [6, 6.07) is 3.34. The Bertz CT molecular complexity index is 313. The second-order valence-corrected chi connectivity index (χ2v) is 8.25. The van der Waals surface area contributed by atoms with Crippen molar-refractivity contribution in [3.8, 4) is 0 Å². The summed E-state index contributed by atoms with van der Waals surface area (Å²) in [5.41, 5.74) is 0.525. The summed E-state index contributed by atoms with van der Waals surface area (Å²) in [5.74, 6) is 0. The molecule has 1 aliphatic carbocycles. The molecule has 0 amide bonds. The summed E-state index contributed by atoms with van der Waals surface area (Å²) >= 11 is 0. The van der Waals surface area contributed by atoms with Crippen LogP contribution in [0, 0.1) is 5.41 Å². The number of nitrogens with one attached hydrogen (secondary N) is 1. The first-order valence-corrected chi connectivity index (χ1v) is 9.12. The molecule has 2 saturated heterocycles. The van der Waals surface area contributed by atoms with E-state index in [-0.39, 0.29) is 0 Å². The van der Waals surface area contributed by atoms with Crippen molar-refractivity contribution in [1.82, 2.24) is 10.2 Å². The van der Waals surface area contributed by atoms with E-state index in [2.05, 4.69) is 31.0 Å². The maximum atomic E-state index is 3.81. The normalized spacial score (nSPS) is 40.2. The molecule has 20 heavy (non-hydrogen) atoms. The highest BCUT2D eigenvalue weighted by Gasteiger charge is 2.42. The molecule has 2 heteroatoms. The van der Waals surface area contributed by atoms with Gasteiger partial charge >= 0.3 is 0 Å². The topological polar surface area (TPSA) is 15.3 Å². The van der Waals surface area contributed by atoms with Gasteiger partial charge in [-0.15, -0.1) is 0 Å². The highest BCUT2D eigenvalue weighted by Crippen LogP contribution is 2.41. The molecule has 2 nitrogen and oxygen atoms in total. The van der Waals surface area contributed by atoms with Crippen LogP contribution >= 0.6 is 0 Å². The molecule has 1 saturated carbocycles. The van der Waals surface area contributed by atoms with Gasteiger partial charge in [0, 0.05) is 24.2 Å². The van der Waals surface area contributed by atoms with Gasteiger partial charge in [0.2, 0.25) is 0 Å². The number of nitrogens with zero attached hydrogens (tertiary/aromatic N) is 1. The highest BCUT2D eigenvalue weighted by molar-refractivity contribution is 4.99. The van der Waals surface area contributed by atoms with E-state index in [1.807, 2.05) is 0 Å². The van der Waals surface area contributed by atoms with E-state index in [9.17, 15) is 0 Å². The zero-order valence-corrected chi connectivity index (χ0v) is 13.8. The van der Waals surface area contributed by atoms with Crippen molar-refractivity contribution >= 4 is 0 Å². The van der Waals surface area contributed by atoms with E-state index >= 15 is 0 Å². The Morgan fingerprint density at radius 1 is 1.05 bits per heavy atom. The Kier molecular flexibility index (Phi) is 4.42. The van der Waals surface area contributed by atoms with Crippen LogP contribution in [0.4, 0.5) is 0 Å². The molecular weight excluding hydrogens is 244 g/mol. The first-order valence-electron chi connectivity index (χ1n) is 9.12. The molecule has 0 aromatic heterocycles. The highest BCUT2D eigenvalue weighted by atomic mass is 15.2. The first-order chi connectivity index (χ1) is 9.60. The lowest BCUT2D eigenvalue weighted by molar-refractivity contribution is 0.00287. The van der Waals surface area contributed by atoms with Crippen LogP contribution in [-0.2, 0) is 0 Å². The lowest BCUT2D eigenvalue weighted by Gasteiger charge is -2.50. The Labute approximate surface area is 125 Å². The van der Waals surface area contributed by atoms with Crippen molar-refractivity contribution in [2.75, 3.05) is 6.54 Å². The minimum Gasteiger partial charge on any atom is -0.311 e. The molecule has 2 aliphatic heterocycles. The Hall–Kier alpha value is -0.0800. The maximum absolute atomic E-state index is 3.81. The SMILES string of the molecule is CCCN(C1CC2CCC(C1)N2)C1CCCCC1(C)C. The standard InChI is InChI=1S/C18H34N2/c1-4-11-20(17-7-5-6-10-18(17,2)3)16-12-14-8-9-15(13-16)19-14/h14-17,19H,4-13H2,1-3H3. The molecule has 0 aromatic rings. The van der Waals surface area contributed by atoms with Crippen LogP contribution in [0.2, 0.25) is 0 Å². The Morgan fingerprint density at radius 2 is 1.75 bits per heavy atom.